The second-order valence-corrected chi connectivity index (χ2v) is 3.87. The Morgan fingerprint density at radius 1 is 1.75 bits per heavy atom. The molecule has 0 spiro atoms. The van der Waals surface area contributed by atoms with Crippen LogP contribution in [-0.2, 0) is 0 Å². The van der Waals surface area contributed by atoms with Crippen molar-refractivity contribution in [1.82, 2.24) is 10.3 Å². The normalized spacial score (nSPS) is 16.1. The molecule has 0 atom stereocenters. The van der Waals surface area contributed by atoms with E-state index in [1.807, 2.05) is 6.92 Å². The van der Waals surface area contributed by atoms with E-state index in [9.17, 15) is 4.79 Å². The standard InChI is InChI=1S/C8H10N2OS/c1-5-7(12-4-9-5)8(11)10-6-2-3-6/h4,6H,2-3H2,1H3,(H,10,11). The summed E-state index contributed by atoms with van der Waals surface area (Å²) in [4.78, 5) is 16.2. The number of aryl methyl sites for hydroxylation is 1. The smallest absolute Gasteiger partial charge is 0.263 e. The minimum absolute atomic E-state index is 0.0394. The molecule has 1 aliphatic rings. The van der Waals surface area contributed by atoms with Crippen molar-refractivity contribution in [2.75, 3.05) is 0 Å². The summed E-state index contributed by atoms with van der Waals surface area (Å²) in [5.74, 6) is 0.0394. The summed E-state index contributed by atoms with van der Waals surface area (Å²) in [7, 11) is 0. The molecule has 1 N–H and O–H groups in total. The Hall–Kier alpha value is -0.900. The van der Waals surface area contributed by atoms with Gasteiger partial charge in [-0.3, -0.25) is 4.79 Å². The van der Waals surface area contributed by atoms with E-state index in [-0.39, 0.29) is 5.91 Å². The van der Waals surface area contributed by atoms with E-state index < -0.39 is 0 Å². The maximum Gasteiger partial charge on any atom is 0.263 e. The third kappa shape index (κ3) is 1.48. The van der Waals surface area contributed by atoms with E-state index in [0.29, 0.717) is 6.04 Å². The van der Waals surface area contributed by atoms with E-state index in [4.69, 9.17) is 0 Å². The lowest BCUT2D eigenvalue weighted by Crippen LogP contribution is -2.25. The predicted molar refractivity (Wildman–Crippen MR) is 47.3 cm³/mol. The van der Waals surface area contributed by atoms with Crippen LogP contribution in [0.15, 0.2) is 5.51 Å². The zero-order chi connectivity index (χ0) is 8.55. The Kier molecular flexibility index (Phi) is 1.84. The van der Waals surface area contributed by atoms with Crippen LogP contribution in [0.3, 0.4) is 0 Å². The van der Waals surface area contributed by atoms with Crippen LogP contribution in [0.4, 0.5) is 0 Å². The van der Waals surface area contributed by atoms with Gasteiger partial charge in [0.2, 0.25) is 0 Å². The van der Waals surface area contributed by atoms with E-state index >= 15 is 0 Å². The van der Waals surface area contributed by atoms with Crippen LogP contribution in [-0.4, -0.2) is 16.9 Å². The molecule has 0 aromatic carbocycles. The summed E-state index contributed by atoms with van der Waals surface area (Å²) in [6, 6.07) is 0.430. The van der Waals surface area contributed by atoms with Crippen LogP contribution in [0.5, 0.6) is 0 Å². The SMILES string of the molecule is Cc1ncsc1C(=O)NC1CC1. The van der Waals surface area contributed by atoms with Crippen molar-refractivity contribution in [3.05, 3.63) is 16.1 Å². The Morgan fingerprint density at radius 3 is 3.00 bits per heavy atom. The maximum atomic E-state index is 11.4. The Bertz CT molecular complexity index is 304. The number of nitrogens with one attached hydrogen (secondary N) is 1. The Balaban J connectivity index is 2.07. The van der Waals surface area contributed by atoms with Crippen molar-refractivity contribution in [1.29, 1.82) is 0 Å². The molecular weight excluding hydrogens is 172 g/mol. The average molecular weight is 182 g/mol. The van der Waals surface area contributed by atoms with Crippen LogP contribution < -0.4 is 5.32 Å². The number of hydrogen-bond acceptors (Lipinski definition) is 3. The van der Waals surface area contributed by atoms with Gasteiger partial charge in [0.05, 0.1) is 11.2 Å². The summed E-state index contributed by atoms with van der Waals surface area (Å²) >= 11 is 1.40. The molecule has 0 bridgehead atoms. The Labute approximate surface area is 74.8 Å². The lowest BCUT2D eigenvalue weighted by atomic mass is 10.4. The topological polar surface area (TPSA) is 42.0 Å². The van der Waals surface area contributed by atoms with Gasteiger partial charge in [0.15, 0.2) is 0 Å². The van der Waals surface area contributed by atoms with Crippen molar-refractivity contribution >= 4 is 17.2 Å². The number of thiazole rings is 1. The third-order valence-electron chi connectivity index (χ3n) is 1.86. The molecule has 1 heterocycles. The quantitative estimate of drug-likeness (QED) is 0.750. The number of hydrogen-bond donors (Lipinski definition) is 1. The summed E-state index contributed by atoms with van der Waals surface area (Å²) < 4.78 is 0. The number of amides is 1. The minimum Gasteiger partial charge on any atom is -0.349 e. The zero-order valence-electron chi connectivity index (χ0n) is 6.83. The van der Waals surface area contributed by atoms with Gasteiger partial charge in [0, 0.05) is 6.04 Å². The van der Waals surface area contributed by atoms with Gasteiger partial charge in [-0.2, -0.15) is 0 Å². The molecule has 1 fully saturated rings. The van der Waals surface area contributed by atoms with Gasteiger partial charge < -0.3 is 5.32 Å². The van der Waals surface area contributed by atoms with Crippen molar-refractivity contribution in [3.8, 4) is 0 Å². The molecule has 1 aliphatic carbocycles. The van der Waals surface area contributed by atoms with Gasteiger partial charge in [-0.1, -0.05) is 0 Å². The van der Waals surface area contributed by atoms with E-state index in [1.54, 1.807) is 5.51 Å². The largest absolute Gasteiger partial charge is 0.349 e. The highest BCUT2D eigenvalue weighted by Crippen LogP contribution is 2.20. The van der Waals surface area contributed by atoms with Crippen molar-refractivity contribution < 1.29 is 4.79 Å². The number of carbonyl (C=O) groups excluding carboxylic acids is 1. The van der Waals surface area contributed by atoms with E-state index in [1.165, 1.54) is 11.3 Å². The second-order valence-electron chi connectivity index (χ2n) is 3.01. The van der Waals surface area contributed by atoms with Crippen LogP contribution in [0.1, 0.15) is 28.2 Å². The molecule has 2 rings (SSSR count). The van der Waals surface area contributed by atoms with E-state index in [0.717, 1.165) is 23.4 Å². The van der Waals surface area contributed by atoms with Gasteiger partial charge in [-0.25, -0.2) is 4.98 Å². The molecule has 0 unspecified atom stereocenters. The number of carbonyl (C=O) groups is 1. The molecule has 0 saturated heterocycles. The second kappa shape index (κ2) is 2.86. The highest BCUT2D eigenvalue weighted by molar-refractivity contribution is 7.11. The van der Waals surface area contributed by atoms with Crippen LogP contribution in [0.2, 0.25) is 0 Å². The van der Waals surface area contributed by atoms with Gasteiger partial charge in [-0.15, -0.1) is 11.3 Å². The third-order valence-corrected chi connectivity index (χ3v) is 2.79. The molecule has 12 heavy (non-hydrogen) atoms. The van der Waals surface area contributed by atoms with Crippen LogP contribution >= 0.6 is 11.3 Å². The van der Waals surface area contributed by atoms with Crippen LogP contribution in [0, 0.1) is 6.92 Å². The number of aromatic nitrogens is 1. The molecule has 3 nitrogen and oxygen atoms in total. The number of nitrogens with zero attached hydrogens (tertiary/aromatic N) is 1. The molecule has 1 aromatic rings. The molecule has 64 valence electrons. The molecule has 0 aliphatic heterocycles. The summed E-state index contributed by atoms with van der Waals surface area (Å²) in [6.07, 6.45) is 2.26. The summed E-state index contributed by atoms with van der Waals surface area (Å²) in [6.45, 7) is 1.86. The Morgan fingerprint density at radius 2 is 2.50 bits per heavy atom. The molecule has 1 saturated carbocycles. The van der Waals surface area contributed by atoms with Gasteiger partial charge in [0.25, 0.3) is 5.91 Å². The lowest BCUT2D eigenvalue weighted by Gasteiger charge is -1.99. The summed E-state index contributed by atoms with van der Waals surface area (Å²) in [5.41, 5.74) is 2.54. The molecule has 1 amide bonds. The first-order valence-corrected chi connectivity index (χ1v) is 4.86. The monoisotopic (exact) mass is 182 g/mol. The van der Waals surface area contributed by atoms with Gasteiger partial charge >= 0.3 is 0 Å². The number of rotatable bonds is 2. The first-order chi connectivity index (χ1) is 5.77. The molecule has 0 radical (unpaired) electrons. The lowest BCUT2D eigenvalue weighted by molar-refractivity contribution is 0.0954. The highest BCUT2D eigenvalue weighted by atomic mass is 32.1. The van der Waals surface area contributed by atoms with Crippen molar-refractivity contribution in [2.45, 2.75) is 25.8 Å². The summed E-state index contributed by atoms with van der Waals surface area (Å²) in [5, 5.41) is 2.93. The highest BCUT2D eigenvalue weighted by Gasteiger charge is 2.24. The zero-order valence-corrected chi connectivity index (χ0v) is 7.65. The van der Waals surface area contributed by atoms with Crippen molar-refractivity contribution in [3.63, 3.8) is 0 Å². The first-order valence-electron chi connectivity index (χ1n) is 3.98. The van der Waals surface area contributed by atoms with Crippen molar-refractivity contribution in [2.24, 2.45) is 0 Å². The fraction of sp³-hybridized carbons (Fsp3) is 0.500. The van der Waals surface area contributed by atoms with Gasteiger partial charge in [0.1, 0.15) is 4.88 Å². The van der Waals surface area contributed by atoms with Gasteiger partial charge in [-0.05, 0) is 19.8 Å². The minimum atomic E-state index is 0.0394. The molecule has 4 heteroatoms. The predicted octanol–water partition coefficient (Wildman–Crippen LogP) is 1.34. The molecule has 1 aromatic heterocycles. The maximum absolute atomic E-state index is 11.4. The fourth-order valence-electron chi connectivity index (χ4n) is 0.998. The molecular formula is C8H10N2OS. The van der Waals surface area contributed by atoms with Crippen LogP contribution in [0.25, 0.3) is 0 Å². The average Bonchev–Trinajstić information content (AvgIpc) is 2.72. The first kappa shape index (κ1) is 7.73. The fourth-order valence-corrected chi connectivity index (χ4v) is 1.70. The van der Waals surface area contributed by atoms with E-state index in [2.05, 4.69) is 10.3 Å².